The Morgan fingerprint density at radius 1 is 0.971 bits per heavy atom. The highest BCUT2D eigenvalue weighted by Crippen LogP contribution is 2.47. The van der Waals surface area contributed by atoms with Crippen LogP contribution in [0.5, 0.6) is 0 Å². The van der Waals surface area contributed by atoms with Gasteiger partial charge in [-0.15, -0.1) is 0 Å². The maximum Gasteiger partial charge on any atom is 0.245 e. The number of nitrogens with zero attached hydrogens (tertiary/aromatic N) is 7. The molecule has 10 heteroatoms. The van der Waals surface area contributed by atoms with Crippen molar-refractivity contribution in [2.24, 2.45) is 5.41 Å². The summed E-state index contributed by atoms with van der Waals surface area (Å²) < 4.78 is 29.3. The van der Waals surface area contributed by atoms with Gasteiger partial charge in [-0.25, -0.2) is 28.4 Å². The van der Waals surface area contributed by atoms with E-state index in [-0.39, 0.29) is 11.9 Å². The molecule has 1 atom stereocenters. The quantitative estimate of drug-likeness (QED) is 0.592. The molecule has 0 aliphatic carbocycles. The van der Waals surface area contributed by atoms with Crippen molar-refractivity contribution in [3.8, 4) is 5.82 Å². The minimum absolute atomic E-state index is 0.0646. The third-order valence-electron chi connectivity index (χ3n) is 7.29. The number of aryl methyl sites for hydroxylation is 1. The smallest absolute Gasteiger partial charge is 0.245 e. The molecule has 0 radical (unpaired) electrons. The van der Waals surface area contributed by atoms with Crippen LogP contribution in [0.25, 0.3) is 5.82 Å². The lowest BCUT2D eigenvalue weighted by molar-refractivity contribution is -0.143. The first-order chi connectivity index (χ1) is 16.4. The molecule has 0 saturated carbocycles. The zero-order valence-corrected chi connectivity index (χ0v) is 18.9. The molecule has 1 aromatic carbocycles. The average molecular weight is 466 g/mol. The number of hydrogen-bond donors (Lipinski definition) is 0. The van der Waals surface area contributed by atoms with Gasteiger partial charge < -0.3 is 4.90 Å². The lowest BCUT2D eigenvalue weighted by Crippen LogP contribution is -2.46. The summed E-state index contributed by atoms with van der Waals surface area (Å²) in [6.07, 6.45) is 9.20. The van der Waals surface area contributed by atoms with Gasteiger partial charge in [0.2, 0.25) is 5.91 Å². The van der Waals surface area contributed by atoms with Crippen molar-refractivity contribution < 1.29 is 13.6 Å². The van der Waals surface area contributed by atoms with E-state index in [2.05, 4.69) is 25.0 Å². The minimum Gasteiger partial charge on any atom is -0.355 e. The lowest BCUT2D eigenvalue weighted by Gasteiger charge is -2.38. The zero-order chi connectivity index (χ0) is 23.4. The standard InChI is InChI=1S/C24H25F2N7O/c1-16-11-29-32(14-16)22-13-27-21(12-28-22)30-6-3-24(4-7-30)15-31-5-2-20(33(31)23(24)34)17-8-18(25)10-19(26)9-17/h8-14,20H,2-7,15H2,1H3/t20-/m0/s1. The summed E-state index contributed by atoms with van der Waals surface area (Å²) in [5.41, 5.74) is 1.10. The first kappa shape index (κ1) is 21.2. The van der Waals surface area contributed by atoms with E-state index in [0.29, 0.717) is 56.8 Å². The number of aromatic nitrogens is 4. The van der Waals surface area contributed by atoms with Gasteiger partial charge in [-0.05, 0) is 49.4 Å². The Labute approximate surface area is 195 Å². The third kappa shape index (κ3) is 3.44. The van der Waals surface area contributed by atoms with E-state index < -0.39 is 17.0 Å². The van der Waals surface area contributed by atoms with E-state index in [1.54, 1.807) is 28.3 Å². The van der Waals surface area contributed by atoms with Crippen LogP contribution in [0.3, 0.4) is 0 Å². The molecule has 3 saturated heterocycles. The van der Waals surface area contributed by atoms with Crippen molar-refractivity contribution >= 4 is 11.7 Å². The molecule has 3 aliphatic rings. The summed E-state index contributed by atoms with van der Waals surface area (Å²) in [6.45, 7) is 4.72. The predicted octanol–water partition coefficient (Wildman–Crippen LogP) is 3.04. The Bertz CT molecular complexity index is 1220. The van der Waals surface area contributed by atoms with Gasteiger partial charge in [0, 0.05) is 38.4 Å². The van der Waals surface area contributed by atoms with Crippen molar-refractivity contribution in [2.75, 3.05) is 31.1 Å². The molecule has 1 spiro atoms. The summed E-state index contributed by atoms with van der Waals surface area (Å²) in [6, 6.07) is 3.22. The number of benzene rings is 1. The van der Waals surface area contributed by atoms with E-state index in [1.807, 2.05) is 13.1 Å². The first-order valence-corrected chi connectivity index (χ1v) is 11.6. The van der Waals surface area contributed by atoms with E-state index in [4.69, 9.17) is 0 Å². The van der Waals surface area contributed by atoms with Crippen molar-refractivity contribution in [1.82, 2.24) is 29.8 Å². The topological polar surface area (TPSA) is 70.4 Å². The number of hydrazine groups is 1. The summed E-state index contributed by atoms with van der Waals surface area (Å²) in [7, 11) is 0. The van der Waals surface area contributed by atoms with E-state index >= 15 is 0 Å². The minimum atomic E-state index is -0.613. The molecule has 0 N–H and O–H groups in total. The molecule has 3 aliphatic heterocycles. The van der Waals surface area contributed by atoms with Crippen molar-refractivity contribution in [3.63, 3.8) is 0 Å². The van der Waals surface area contributed by atoms with Crippen LogP contribution in [0.4, 0.5) is 14.6 Å². The second-order valence-electron chi connectivity index (χ2n) is 9.51. The number of carbonyl (C=O) groups excluding carboxylic acids is 1. The van der Waals surface area contributed by atoms with Gasteiger partial charge in [0.05, 0.1) is 30.0 Å². The fraction of sp³-hybridized carbons (Fsp3) is 0.417. The number of amides is 1. The molecular weight excluding hydrogens is 440 g/mol. The molecule has 0 bridgehead atoms. The highest BCUT2D eigenvalue weighted by molar-refractivity contribution is 5.85. The first-order valence-electron chi connectivity index (χ1n) is 11.6. The van der Waals surface area contributed by atoms with Gasteiger partial charge in [0.25, 0.3) is 0 Å². The Hall–Kier alpha value is -3.40. The second kappa shape index (κ2) is 7.83. The van der Waals surface area contributed by atoms with E-state index in [1.165, 1.54) is 12.1 Å². The van der Waals surface area contributed by atoms with Crippen LogP contribution in [0.2, 0.25) is 0 Å². The van der Waals surface area contributed by atoms with Crippen LogP contribution in [0.1, 0.15) is 36.4 Å². The van der Waals surface area contributed by atoms with Crippen LogP contribution in [0.15, 0.2) is 43.0 Å². The molecule has 0 unspecified atom stereocenters. The maximum absolute atomic E-state index is 13.8. The third-order valence-corrected chi connectivity index (χ3v) is 7.29. The van der Waals surface area contributed by atoms with E-state index in [9.17, 15) is 13.6 Å². The second-order valence-corrected chi connectivity index (χ2v) is 9.51. The van der Waals surface area contributed by atoms with Crippen molar-refractivity contribution in [1.29, 1.82) is 0 Å². The molecule has 6 rings (SSSR count). The van der Waals surface area contributed by atoms with Crippen LogP contribution in [-0.4, -0.2) is 61.9 Å². The van der Waals surface area contributed by atoms with Gasteiger partial charge in [0.15, 0.2) is 5.82 Å². The summed E-state index contributed by atoms with van der Waals surface area (Å²) in [5, 5.41) is 8.08. The number of hydrogen-bond acceptors (Lipinski definition) is 6. The Morgan fingerprint density at radius 3 is 2.32 bits per heavy atom. The summed E-state index contributed by atoms with van der Waals surface area (Å²) in [4.78, 5) is 24.8. The number of rotatable bonds is 3. The van der Waals surface area contributed by atoms with Gasteiger partial charge in [0.1, 0.15) is 17.5 Å². The molecule has 3 fully saturated rings. The molecule has 1 amide bonds. The SMILES string of the molecule is Cc1cnn(-c2cnc(N3CCC4(CC3)CN3CC[C@@H](c5cc(F)cc(F)c5)N3C4=O)cn2)c1. The monoisotopic (exact) mass is 465 g/mol. The summed E-state index contributed by atoms with van der Waals surface area (Å²) >= 11 is 0. The molecule has 176 valence electrons. The lowest BCUT2D eigenvalue weighted by atomic mass is 9.77. The number of piperidine rings is 1. The largest absolute Gasteiger partial charge is 0.355 e. The molecule has 5 heterocycles. The molecular formula is C24H25F2N7O. The van der Waals surface area contributed by atoms with Crippen LogP contribution in [0, 0.1) is 24.0 Å². The van der Waals surface area contributed by atoms with Gasteiger partial charge in [-0.3, -0.25) is 9.80 Å². The fourth-order valence-electron chi connectivity index (χ4n) is 5.53. The van der Waals surface area contributed by atoms with Gasteiger partial charge >= 0.3 is 0 Å². The predicted molar refractivity (Wildman–Crippen MR) is 120 cm³/mol. The number of anilines is 1. The van der Waals surface area contributed by atoms with Gasteiger partial charge in [-0.2, -0.15) is 5.10 Å². The molecule has 34 heavy (non-hydrogen) atoms. The Kier molecular flexibility index (Phi) is 4.87. The fourth-order valence-corrected chi connectivity index (χ4v) is 5.53. The number of fused-ring (bicyclic) bond motifs is 1. The highest BCUT2D eigenvalue weighted by atomic mass is 19.1. The molecule has 2 aromatic heterocycles. The molecule has 3 aromatic rings. The number of carbonyl (C=O) groups is 1. The maximum atomic E-state index is 13.8. The highest BCUT2D eigenvalue weighted by Gasteiger charge is 2.56. The van der Waals surface area contributed by atoms with Crippen molar-refractivity contribution in [3.05, 3.63) is 65.7 Å². The van der Waals surface area contributed by atoms with Crippen LogP contribution in [-0.2, 0) is 4.79 Å². The Morgan fingerprint density at radius 2 is 1.68 bits per heavy atom. The average Bonchev–Trinajstić information content (AvgIpc) is 3.50. The van der Waals surface area contributed by atoms with Crippen LogP contribution >= 0.6 is 0 Å². The molecule has 8 nitrogen and oxygen atoms in total. The number of halogens is 2. The summed E-state index contributed by atoms with van der Waals surface area (Å²) in [5.74, 6) is 0.275. The normalized spacial score (nSPS) is 22.1. The Balaban J connectivity index is 1.16. The van der Waals surface area contributed by atoms with Crippen LogP contribution < -0.4 is 4.90 Å². The zero-order valence-electron chi connectivity index (χ0n) is 18.9. The van der Waals surface area contributed by atoms with Crippen molar-refractivity contribution in [2.45, 2.75) is 32.2 Å². The van der Waals surface area contributed by atoms with Gasteiger partial charge in [-0.1, -0.05) is 0 Å². The van der Waals surface area contributed by atoms with E-state index in [0.717, 1.165) is 17.4 Å².